The minimum absolute atomic E-state index is 0.163. The van der Waals surface area contributed by atoms with Gasteiger partial charge in [0.1, 0.15) is 5.75 Å². The van der Waals surface area contributed by atoms with E-state index in [9.17, 15) is 19.2 Å². The lowest BCUT2D eigenvalue weighted by molar-refractivity contribution is -0.282. The van der Waals surface area contributed by atoms with Gasteiger partial charge in [-0.25, -0.2) is 4.79 Å². The van der Waals surface area contributed by atoms with Gasteiger partial charge in [0, 0.05) is 20.8 Å². The van der Waals surface area contributed by atoms with Gasteiger partial charge in [0.25, 0.3) is 0 Å². The first-order valence-electron chi connectivity index (χ1n) is 8.90. The summed E-state index contributed by atoms with van der Waals surface area (Å²) in [5.74, 6) is -3.08. The SMILES string of the molecule is COC(=O)C1O[C@@H](Oc2ccccc2N)C(OC(C)=O)C(OC(C)=O)[C@H]1OC(C)=O. The summed E-state index contributed by atoms with van der Waals surface area (Å²) >= 11 is 0. The molecule has 11 heteroatoms. The fourth-order valence-corrected chi connectivity index (χ4v) is 2.89. The highest BCUT2D eigenvalue weighted by Gasteiger charge is 2.55. The van der Waals surface area contributed by atoms with Crippen molar-refractivity contribution in [3.05, 3.63) is 24.3 Å². The highest BCUT2D eigenvalue weighted by atomic mass is 16.7. The molecule has 2 N–H and O–H groups in total. The lowest BCUT2D eigenvalue weighted by atomic mass is 9.97. The lowest BCUT2D eigenvalue weighted by Gasteiger charge is -2.43. The van der Waals surface area contributed by atoms with Gasteiger partial charge in [0.15, 0.2) is 18.3 Å². The molecule has 0 amide bonds. The summed E-state index contributed by atoms with van der Waals surface area (Å²) < 4.78 is 31.7. The fraction of sp³-hybridized carbons (Fsp3) is 0.474. The minimum atomic E-state index is -1.54. The Morgan fingerprint density at radius 3 is 1.93 bits per heavy atom. The molecule has 11 nitrogen and oxygen atoms in total. The Hall–Kier alpha value is -3.34. The summed E-state index contributed by atoms with van der Waals surface area (Å²) in [6, 6.07) is 6.39. The summed E-state index contributed by atoms with van der Waals surface area (Å²) in [4.78, 5) is 47.4. The zero-order chi connectivity index (χ0) is 22.4. The molecule has 5 atom stereocenters. The topological polar surface area (TPSA) is 150 Å². The van der Waals surface area contributed by atoms with Crippen molar-refractivity contribution in [2.24, 2.45) is 0 Å². The number of nitrogen functional groups attached to an aromatic ring is 1. The molecular formula is C19H23NO10. The van der Waals surface area contributed by atoms with Gasteiger partial charge in [-0.05, 0) is 12.1 Å². The standard InChI is InChI=1S/C19H23NO10/c1-9(21)26-14-15(27-10(2)22)17(28-11(3)23)19(30-16(14)18(24)25-4)29-13-8-6-5-7-12(13)20/h5-8,14-17,19H,20H2,1-4H3/t14-,15?,16?,17?,19-/m1/s1. The molecule has 1 aliphatic heterocycles. The Bertz CT molecular complexity index is 810. The van der Waals surface area contributed by atoms with Gasteiger partial charge < -0.3 is 34.2 Å². The lowest BCUT2D eigenvalue weighted by Crippen LogP contribution is -2.64. The third kappa shape index (κ3) is 5.60. The highest BCUT2D eigenvalue weighted by Crippen LogP contribution is 2.32. The van der Waals surface area contributed by atoms with Crippen LogP contribution in [0.2, 0.25) is 0 Å². The molecule has 0 radical (unpaired) electrons. The molecule has 0 aromatic heterocycles. The Morgan fingerprint density at radius 2 is 1.40 bits per heavy atom. The van der Waals surface area contributed by atoms with Crippen LogP contribution in [0.1, 0.15) is 20.8 Å². The molecule has 1 fully saturated rings. The number of ether oxygens (including phenoxy) is 6. The second-order valence-electron chi connectivity index (χ2n) is 6.33. The van der Waals surface area contributed by atoms with Gasteiger partial charge in [-0.15, -0.1) is 0 Å². The number of hydrogen-bond donors (Lipinski definition) is 1. The van der Waals surface area contributed by atoms with Gasteiger partial charge in [0.05, 0.1) is 12.8 Å². The van der Waals surface area contributed by atoms with Crippen LogP contribution < -0.4 is 10.5 Å². The third-order valence-corrected chi connectivity index (χ3v) is 4.00. The molecule has 1 saturated heterocycles. The van der Waals surface area contributed by atoms with Gasteiger partial charge in [-0.3, -0.25) is 14.4 Å². The monoisotopic (exact) mass is 425 g/mol. The Morgan fingerprint density at radius 1 is 0.867 bits per heavy atom. The van der Waals surface area contributed by atoms with Crippen LogP contribution in [-0.4, -0.2) is 61.7 Å². The van der Waals surface area contributed by atoms with Crippen LogP contribution in [0, 0.1) is 0 Å². The number of anilines is 1. The molecule has 1 heterocycles. The van der Waals surface area contributed by atoms with Gasteiger partial charge in [-0.1, -0.05) is 12.1 Å². The van der Waals surface area contributed by atoms with Crippen LogP contribution in [0.25, 0.3) is 0 Å². The Balaban J connectivity index is 2.51. The summed E-state index contributed by atoms with van der Waals surface area (Å²) in [6.07, 6.45) is -7.26. The predicted molar refractivity (Wildman–Crippen MR) is 98.8 cm³/mol. The van der Waals surface area contributed by atoms with Gasteiger partial charge in [0.2, 0.25) is 12.4 Å². The van der Waals surface area contributed by atoms with E-state index in [4.69, 9.17) is 34.2 Å². The average Bonchev–Trinajstić information content (AvgIpc) is 2.66. The van der Waals surface area contributed by atoms with E-state index in [2.05, 4.69) is 0 Å². The molecule has 2 rings (SSSR count). The van der Waals surface area contributed by atoms with E-state index in [0.29, 0.717) is 0 Å². The van der Waals surface area contributed by atoms with E-state index in [1.807, 2.05) is 0 Å². The molecule has 3 unspecified atom stereocenters. The Labute approximate surface area is 172 Å². The van der Waals surface area contributed by atoms with E-state index in [1.165, 1.54) is 6.07 Å². The zero-order valence-electron chi connectivity index (χ0n) is 16.9. The van der Waals surface area contributed by atoms with Gasteiger partial charge in [-0.2, -0.15) is 0 Å². The maximum atomic E-state index is 12.3. The van der Waals surface area contributed by atoms with Crippen molar-refractivity contribution in [3.63, 3.8) is 0 Å². The second-order valence-corrected chi connectivity index (χ2v) is 6.33. The molecule has 0 spiro atoms. The zero-order valence-corrected chi connectivity index (χ0v) is 16.9. The molecule has 0 aliphatic carbocycles. The van der Waals surface area contributed by atoms with Crippen LogP contribution in [0.15, 0.2) is 24.3 Å². The highest BCUT2D eigenvalue weighted by molar-refractivity contribution is 5.77. The molecular weight excluding hydrogens is 402 g/mol. The number of nitrogens with two attached hydrogens (primary N) is 1. The first-order valence-corrected chi connectivity index (χ1v) is 8.90. The van der Waals surface area contributed by atoms with E-state index in [0.717, 1.165) is 27.9 Å². The van der Waals surface area contributed by atoms with E-state index >= 15 is 0 Å². The molecule has 0 bridgehead atoms. The molecule has 164 valence electrons. The summed E-state index contributed by atoms with van der Waals surface area (Å²) in [6.45, 7) is 3.31. The van der Waals surface area contributed by atoms with Crippen molar-refractivity contribution in [2.75, 3.05) is 12.8 Å². The van der Waals surface area contributed by atoms with Crippen molar-refractivity contribution in [3.8, 4) is 5.75 Å². The quantitative estimate of drug-likeness (QED) is 0.382. The number of carbonyl (C=O) groups is 4. The molecule has 1 aromatic carbocycles. The van der Waals surface area contributed by atoms with Crippen LogP contribution in [0.4, 0.5) is 5.69 Å². The average molecular weight is 425 g/mol. The van der Waals surface area contributed by atoms with Crippen molar-refractivity contribution in [1.82, 2.24) is 0 Å². The number of esters is 4. The van der Waals surface area contributed by atoms with Crippen molar-refractivity contribution < 1.29 is 47.6 Å². The predicted octanol–water partition coefficient (Wildman–Crippen LogP) is 0.341. The van der Waals surface area contributed by atoms with Crippen LogP contribution in [0.5, 0.6) is 5.75 Å². The number of carbonyl (C=O) groups excluding carboxylic acids is 4. The minimum Gasteiger partial charge on any atom is -0.467 e. The van der Waals surface area contributed by atoms with Crippen LogP contribution in [-0.2, 0) is 42.9 Å². The Kier molecular flexibility index (Phi) is 7.59. The van der Waals surface area contributed by atoms with E-state index in [1.54, 1.807) is 18.2 Å². The maximum absolute atomic E-state index is 12.3. The number of para-hydroxylation sites is 2. The third-order valence-electron chi connectivity index (χ3n) is 4.00. The smallest absolute Gasteiger partial charge is 0.339 e. The number of hydrogen-bond acceptors (Lipinski definition) is 11. The maximum Gasteiger partial charge on any atom is 0.339 e. The van der Waals surface area contributed by atoms with Crippen molar-refractivity contribution in [1.29, 1.82) is 0 Å². The molecule has 30 heavy (non-hydrogen) atoms. The number of methoxy groups -OCH3 is 1. The molecule has 1 aromatic rings. The van der Waals surface area contributed by atoms with Crippen LogP contribution in [0.3, 0.4) is 0 Å². The first-order chi connectivity index (χ1) is 14.1. The first kappa shape index (κ1) is 22.9. The summed E-state index contributed by atoms with van der Waals surface area (Å²) in [5.41, 5.74) is 6.12. The van der Waals surface area contributed by atoms with Crippen molar-refractivity contribution >= 4 is 29.6 Å². The van der Waals surface area contributed by atoms with E-state index < -0.39 is 54.6 Å². The van der Waals surface area contributed by atoms with Crippen LogP contribution >= 0.6 is 0 Å². The molecule has 1 aliphatic rings. The van der Waals surface area contributed by atoms with Gasteiger partial charge >= 0.3 is 23.9 Å². The fourth-order valence-electron chi connectivity index (χ4n) is 2.89. The largest absolute Gasteiger partial charge is 0.467 e. The number of benzene rings is 1. The van der Waals surface area contributed by atoms with Crippen molar-refractivity contribution in [2.45, 2.75) is 51.5 Å². The summed E-state index contributed by atoms with van der Waals surface area (Å²) in [5, 5.41) is 0. The summed E-state index contributed by atoms with van der Waals surface area (Å²) in [7, 11) is 1.10. The number of rotatable bonds is 6. The van der Waals surface area contributed by atoms with E-state index in [-0.39, 0.29) is 11.4 Å². The molecule has 0 saturated carbocycles. The normalized spacial score (nSPS) is 25.5. The second kappa shape index (κ2) is 9.92.